The number of tetrazole rings is 1. The number of benzene rings is 1. The minimum absolute atomic E-state index is 0.138. The van der Waals surface area contributed by atoms with Crippen molar-refractivity contribution in [3.63, 3.8) is 0 Å². The molecule has 0 aliphatic heterocycles. The highest BCUT2D eigenvalue weighted by Gasteiger charge is 2.11. The summed E-state index contributed by atoms with van der Waals surface area (Å²) in [7, 11) is 3.33. The van der Waals surface area contributed by atoms with Gasteiger partial charge in [0.2, 0.25) is 16.9 Å². The van der Waals surface area contributed by atoms with Crippen molar-refractivity contribution >= 4 is 23.3 Å². The predicted octanol–water partition coefficient (Wildman–Crippen LogP) is 0.611. The van der Waals surface area contributed by atoms with Gasteiger partial charge in [0.05, 0.1) is 19.4 Å². The van der Waals surface area contributed by atoms with E-state index in [1.165, 1.54) is 16.4 Å². The first-order valence-electron chi connectivity index (χ1n) is 9.25. The van der Waals surface area contributed by atoms with E-state index in [1.807, 2.05) is 24.3 Å². The summed E-state index contributed by atoms with van der Waals surface area (Å²) in [5, 5.41) is 27.2. The molecule has 4 aromatic rings. The molecular formula is C18H19N9O3S. The molecule has 3 heterocycles. The molecule has 31 heavy (non-hydrogen) atoms. The third-order valence-electron chi connectivity index (χ3n) is 4.17. The van der Waals surface area contributed by atoms with Crippen LogP contribution < -0.4 is 14.8 Å². The van der Waals surface area contributed by atoms with Crippen molar-refractivity contribution in [2.75, 3.05) is 26.0 Å². The maximum atomic E-state index is 11.9. The van der Waals surface area contributed by atoms with Gasteiger partial charge >= 0.3 is 0 Å². The summed E-state index contributed by atoms with van der Waals surface area (Å²) in [6.45, 7) is 0.601. The first-order chi connectivity index (χ1) is 15.1. The number of methoxy groups -OCH3 is 1. The minimum Gasteiger partial charge on any atom is -0.497 e. The number of aryl methyl sites for hydroxylation is 1. The average molecular weight is 441 g/mol. The topological polar surface area (TPSA) is 134 Å². The van der Waals surface area contributed by atoms with Crippen molar-refractivity contribution in [2.45, 2.75) is 5.16 Å². The van der Waals surface area contributed by atoms with Crippen molar-refractivity contribution in [3.05, 3.63) is 36.4 Å². The molecule has 0 atom stereocenters. The van der Waals surface area contributed by atoms with Crippen LogP contribution in [0.2, 0.25) is 0 Å². The van der Waals surface area contributed by atoms with Crippen molar-refractivity contribution in [1.82, 2.24) is 45.3 Å². The molecule has 4 rings (SSSR count). The number of ether oxygens (including phenoxy) is 2. The second-order valence-electron chi connectivity index (χ2n) is 6.27. The molecule has 0 saturated carbocycles. The lowest BCUT2D eigenvalue weighted by molar-refractivity contribution is -0.118. The SMILES string of the molecule is COc1ccc(-c2nnc3ccc(OCCNC(=O)CSc4nnnn4C)nn23)cc1. The van der Waals surface area contributed by atoms with E-state index in [9.17, 15) is 4.79 Å². The van der Waals surface area contributed by atoms with E-state index in [-0.39, 0.29) is 18.3 Å². The van der Waals surface area contributed by atoms with Crippen LogP contribution >= 0.6 is 11.8 Å². The number of nitrogens with one attached hydrogen (secondary N) is 1. The molecule has 1 N–H and O–H groups in total. The number of nitrogens with zero attached hydrogens (tertiary/aromatic N) is 8. The molecule has 1 aromatic carbocycles. The van der Waals surface area contributed by atoms with Gasteiger partial charge in [0, 0.05) is 18.7 Å². The Kier molecular flexibility index (Phi) is 6.21. The lowest BCUT2D eigenvalue weighted by Gasteiger charge is -2.07. The highest BCUT2D eigenvalue weighted by Crippen LogP contribution is 2.21. The van der Waals surface area contributed by atoms with Crippen molar-refractivity contribution < 1.29 is 14.3 Å². The maximum absolute atomic E-state index is 11.9. The first kappa shape index (κ1) is 20.5. The van der Waals surface area contributed by atoms with Crippen LogP contribution in [0.3, 0.4) is 0 Å². The van der Waals surface area contributed by atoms with Gasteiger partial charge in [-0.25, -0.2) is 4.68 Å². The smallest absolute Gasteiger partial charge is 0.231 e. The van der Waals surface area contributed by atoms with Crippen molar-refractivity contribution in [2.24, 2.45) is 7.05 Å². The lowest BCUT2D eigenvalue weighted by atomic mass is 10.2. The number of hydrogen-bond donors (Lipinski definition) is 1. The zero-order valence-corrected chi connectivity index (χ0v) is 17.6. The fraction of sp³-hybridized carbons (Fsp3) is 0.278. The number of carbonyl (C=O) groups excluding carboxylic acids is 1. The Balaban J connectivity index is 1.31. The number of thioether (sulfide) groups is 1. The normalized spacial score (nSPS) is 10.9. The molecule has 0 unspecified atom stereocenters. The van der Waals surface area contributed by atoms with Crippen LogP contribution in [0.25, 0.3) is 17.0 Å². The number of hydrogen-bond acceptors (Lipinski definition) is 10. The van der Waals surface area contributed by atoms with Crippen LogP contribution in [0.5, 0.6) is 11.6 Å². The Labute approximate surface area is 180 Å². The summed E-state index contributed by atoms with van der Waals surface area (Å²) in [6.07, 6.45) is 0. The Morgan fingerprint density at radius 3 is 2.71 bits per heavy atom. The van der Waals surface area contributed by atoms with Gasteiger partial charge in [0.25, 0.3) is 0 Å². The molecule has 0 bridgehead atoms. The summed E-state index contributed by atoms with van der Waals surface area (Å²) in [5.74, 6) is 1.82. The monoisotopic (exact) mass is 441 g/mol. The standard InChI is InChI=1S/C18H19N9O3S/c1-26-18(22-24-25-26)31-11-15(28)19-9-10-30-16-8-7-14-20-21-17(27(14)23-16)12-3-5-13(29-2)6-4-12/h3-8H,9-11H2,1-2H3,(H,19,28). The molecule has 160 valence electrons. The van der Waals surface area contributed by atoms with E-state index in [2.05, 4.69) is 36.1 Å². The van der Waals surface area contributed by atoms with Crippen LogP contribution in [-0.2, 0) is 11.8 Å². The Morgan fingerprint density at radius 1 is 1.13 bits per heavy atom. The molecular weight excluding hydrogens is 422 g/mol. The number of rotatable bonds is 9. The van der Waals surface area contributed by atoms with Gasteiger partial charge in [-0.2, -0.15) is 4.52 Å². The predicted molar refractivity (Wildman–Crippen MR) is 111 cm³/mol. The van der Waals surface area contributed by atoms with E-state index in [0.717, 1.165) is 11.3 Å². The van der Waals surface area contributed by atoms with E-state index in [4.69, 9.17) is 9.47 Å². The fourth-order valence-electron chi connectivity index (χ4n) is 2.64. The quantitative estimate of drug-likeness (QED) is 0.291. The Hall–Kier alpha value is -3.74. The third kappa shape index (κ3) is 4.88. The fourth-order valence-corrected chi connectivity index (χ4v) is 3.32. The average Bonchev–Trinajstić information content (AvgIpc) is 3.41. The zero-order valence-electron chi connectivity index (χ0n) is 16.8. The van der Waals surface area contributed by atoms with Crippen LogP contribution in [0.4, 0.5) is 0 Å². The van der Waals surface area contributed by atoms with Crippen LogP contribution in [-0.4, -0.2) is 71.9 Å². The van der Waals surface area contributed by atoms with Gasteiger partial charge in [-0.15, -0.1) is 20.4 Å². The molecule has 0 radical (unpaired) electrons. The summed E-state index contributed by atoms with van der Waals surface area (Å²) in [4.78, 5) is 11.9. The van der Waals surface area contributed by atoms with Crippen molar-refractivity contribution in [1.29, 1.82) is 0 Å². The number of fused-ring (bicyclic) bond motifs is 1. The third-order valence-corrected chi connectivity index (χ3v) is 5.18. The van der Waals surface area contributed by atoms with Gasteiger partial charge in [0.15, 0.2) is 11.5 Å². The largest absolute Gasteiger partial charge is 0.497 e. The number of carbonyl (C=O) groups is 1. The summed E-state index contributed by atoms with van der Waals surface area (Å²) in [5.41, 5.74) is 1.45. The van der Waals surface area contributed by atoms with E-state index in [0.29, 0.717) is 29.1 Å². The lowest BCUT2D eigenvalue weighted by Crippen LogP contribution is -2.29. The Bertz CT molecular complexity index is 1180. The van der Waals surface area contributed by atoms with Crippen LogP contribution in [0.1, 0.15) is 0 Å². The molecule has 13 heteroatoms. The number of amides is 1. The molecule has 1 amide bonds. The highest BCUT2D eigenvalue weighted by molar-refractivity contribution is 7.99. The molecule has 0 saturated heterocycles. The van der Waals surface area contributed by atoms with Gasteiger partial charge in [-0.3, -0.25) is 4.79 Å². The molecule has 12 nitrogen and oxygen atoms in total. The molecule has 0 aliphatic rings. The summed E-state index contributed by atoms with van der Waals surface area (Å²) < 4.78 is 14.0. The molecule has 0 spiro atoms. The molecule has 0 fully saturated rings. The van der Waals surface area contributed by atoms with Crippen LogP contribution in [0, 0.1) is 0 Å². The maximum Gasteiger partial charge on any atom is 0.231 e. The minimum atomic E-state index is -0.138. The van der Waals surface area contributed by atoms with Gasteiger partial charge in [-0.1, -0.05) is 11.8 Å². The van der Waals surface area contributed by atoms with Gasteiger partial charge in [0.1, 0.15) is 12.4 Å². The van der Waals surface area contributed by atoms with Gasteiger partial charge in [-0.05, 0) is 40.8 Å². The van der Waals surface area contributed by atoms with E-state index < -0.39 is 0 Å². The van der Waals surface area contributed by atoms with E-state index in [1.54, 1.807) is 30.8 Å². The first-order valence-corrected chi connectivity index (χ1v) is 10.2. The van der Waals surface area contributed by atoms with Gasteiger partial charge < -0.3 is 14.8 Å². The zero-order chi connectivity index (χ0) is 21.6. The second kappa shape index (κ2) is 9.38. The second-order valence-corrected chi connectivity index (χ2v) is 7.21. The van der Waals surface area contributed by atoms with Crippen molar-refractivity contribution in [3.8, 4) is 23.0 Å². The van der Waals surface area contributed by atoms with E-state index >= 15 is 0 Å². The summed E-state index contributed by atoms with van der Waals surface area (Å²) in [6, 6.07) is 10.9. The highest BCUT2D eigenvalue weighted by atomic mass is 32.2. The number of aromatic nitrogens is 8. The van der Waals surface area contributed by atoms with Crippen LogP contribution in [0.15, 0.2) is 41.6 Å². The Morgan fingerprint density at radius 2 is 1.97 bits per heavy atom. The molecule has 0 aliphatic carbocycles. The summed E-state index contributed by atoms with van der Waals surface area (Å²) >= 11 is 1.26. The molecule has 3 aromatic heterocycles.